The van der Waals surface area contributed by atoms with Gasteiger partial charge in [0.2, 0.25) is 5.91 Å². The molecule has 0 bridgehead atoms. The van der Waals surface area contributed by atoms with Crippen molar-refractivity contribution in [3.63, 3.8) is 0 Å². The van der Waals surface area contributed by atoms with Crippen LogP contribution in [-0.4, -0.2) is 31.5 Å². The van der Waals surface area contributed by atoms with Crippen LogP contribution in [0.15, 0.2) is 42.5 Å². The first-order valence-electron chi connectivity index (χ1n) is 7.75. The number of hydrogen-bond acceptors (Lipinski definition) is 3. The van der Waals surface area contributed by atoms with E-state index in [0.717, 1.165) is 0 Å². The SMILES string of the molecule is CC(=O)N(CCNC(=O)COc1ccc(Cl)cc1Cl)c1cccc(F)c1. The molecule has 2 amide bonds. The van der Waals surface area contributed by atoms with Gasteiger partial charge < -0.3 is 15.0 Å². The highest BCUT2D eigenvalue weighted by molar-refractivity contribution is 6.35. The van der Waals surface area contributed by atoms with E-state index in [2.05, 4.69) is 5.32 Å². The molecule has 0 saturated carbocycles. The van der Waals surface area contributed by atoms with Crippen molar-refractivity contribution in [2.45, 2.75) is 6.92 Å². The Labute approximate surface area is 160 Å². The smallest absolute Gasteiger partial charge is 0.258 e. The number of benzene rings is 2. The fourth-order valence-corrected chi connectivity index (χ4v) is 2.67. The number of ether oxygens (including phenoxy) is 1. The Bertz CT molecular complexity index is 802. The Morgan fingerprint density at radius 2 is 1.96 bits per heavy atom. The van der Waals surface area contributed by atoms with Crippen molar-refractivity contribution in [2.75, 3.05) is 24.6 Å². The fourth-order valence-electron chi connectivity index (χ4n) is 2.21. The summed E-state index contributed by atoms with van der Waals surface area (Å²) >= 11 is 11.7. The van der Waals surface area contributed by atoms with Gasteiger partial charge >= 0.3 is 0 Å². The van der Waals surface area contributed by atoms with Crippen LogP contribution in [0.4, 0.5) is 10.1 Å². The summed E-state index contributed by atoms with van der Waals surface area (Å²) in [6.07, 6.45) is 0. The fraction of sp³-hybridized carbons (Fsp3) is 0.222. The molecule has 1 N–H and O–H groups in total. The number of nitrogens with one attached hydrogen (secondary N) is 1. The van der Waals surface area contributed by atoms with Gasteiger partial charge in [0, 0.05) is 30.7 Å². The second-order valence-electron chi connectivity index (χ2n) is 5.36. The molecule has 0 heterocycles. The van der Waals surface area contributed by atoms with Gasteiger partial charge in [-0.3, -0.25) is 9.59 Å². The third kappa shape index (κ3) is 5.89. The van der Waals surface area contributed by atoms with Crippen LogP contribution < -0.4 is 15.0 Å². The summed E-state index contributed by atoms with van der Waals surface area (Å²) < 4.78 is 18.6. The second-order valence-corrected chi connectivity index (χ2v) is 6.21. The van der Waals surface area contributed by atoms with E-state index < -0.39 is 5.82 Å². The van der Waals surface area contributed by atoms with Crippen LogP contribution in [-0.2, 0) is 9.59 Å². The molecule has 0 atom stereocenters. The maximum absolute atomic E-state index is 13.3. The maximum Gasteiger partial charge on any atom is 0.258 e. The molecule has 0 aliphatic heterocycles. The Balaban J connectivity index is 1.83. The Hall–Kier alpha value is -2.31. The molecule has 5 nitrogen and oxygen atoms in total. The number of carbonyl (C=O) groups excluding carboxylic acids is 2. The van der Waals surface area contributed by atoms with Gasteiger partial charge in [0.15, 0.2) is 6.61 Å². The Morgan fingerprint density at radius 3 is 2.62 bits per heavy atom. The standard InChI is InChI=1S/C18H17Cl2FN2O3/c1-12(24)23(15-4-2-3-14(21)10-15)8-7-22-18(25)11-26-17-6-5-13(19)9-16(17)20/h2-6,9-10H,7-8,11H2,1H3,(H,22,25). The van der Waals surface area contributed by atoms with Crippen molar-refractivity contribution in [3.8, 4) is 5.75 Å². The van der Waals surface area contributed by atoms with Crippen LogP contribution in [0.1, 0.15) is 6.92 Å². The molecule has 0 unspecified atom stereocenters. The van der Waals surface area contributed by atoms with Crippen LogP contribution in [0, 0.1) is 5.82 Å². The average molecular weight is 399 g/mol. The van der Waals surface area contributed by atoms with Crippen molar-refractivity contribution >= 4 is 40.7 Å². The first-order chi connectivity index (χ1) is 12.4. The average Bonchev–Trinajstić information content (AvgIpc) is 2.57. The lowest BCUT2D eigenvalue weighted by molar-refractivity contribution is -0.123. The summed E-state index contributed by atoms with van der Waals surface area (Å²) in [4.78, 5) is 25.0. The lowest BCUT2D eigenvalue weighted by atomic mass is 10.2. The van der Waals surface area contributed by atoms with E-state index in [1.807, 2.05) is 0 Å². The molecule has 2 aromatic carbocycles. The number of amides is 2. The molecule has 0 fully saturated rings. The maximum atomic E-state index is 13.3. The van der Waals surface area contributed by atoms with Crippen LogP contribution in [0.5, 0.6) is 5.75 Å². The van der Waals surface area contributed by atoms with Crippen LogP contribution in [0.25, 0.3) is 0 Å². The molecule has 0 aliphatic rings. The lowest BCUT2D eigenvalue weighted by Crippen LogP contribution is -2.39. The summed E-state index contributed by atoms with van der Waals surface area (Å²) in [7, 11) is 0. The zero-order valence-corrected chi connectivity index (χ0v) is 15.5. The highest BCUT2D eigenvalue weighted by atomic mass is 35.5. The zero-order chi connectivity index (χ0) is 19.1. The minimum atomic E-state index is -0.439. The number of carbonyl (C=O) groups is 2. The van der Waals surface area contributed by atoms with Crippen LogP contribution in [0.2, 0.25) is 10.0 Å². The molecular formula is C18H17Cl2FN2O3. The first kappa shape index (κ1) is 20.0. The van der Waals surface area contributed by atoms with E-state index in [1.54, 1.807) is 18.2 Å². The van der Waals surface area contributed by atoms with Crippen molar-refractivity contribution in [1.82, 2.24) is 5.32 Å². The van der Waals surface area contributed by atoms with E-state index in [1.165, 1.54) is 36.1 Å². The normalized spacial score (nSPS) is 10.3. The van der Waals surface area contributed by atoms with E-state index in [0.29, 0.717) is 21.5 Å². The van der Waals surface area contributed by atoms with Gasteiger partial charge in [0.1, 0.15) is 11.6 Å². The highest BCUT2D eigenvalue weighted by Gasteiger charge is 2.13. The van der Waals surface area contributed by atoms with Crippen molar-refractivity contribution in [1.29, 1.82) is 0 Å². The molecule has 26 heavy (non-hydrogen) atoms. The van der Waals surface area contributed by atoms with E-state index in [4.69, 9.17) is 27.9 Å². The summed E-state index contributed by atoms with van der Waals surface area (Å²) in [5.74, 6) is -0.727. The number of halogens is 3. The van der Waals surface area contributed by atoms with Gasteiger partial charge in [-0.25, -0.2) is 4.39 Å². The van der Waals surface area contributed by atoms with Gasteiger partial charge in [-0.1, -0.05) is 29.3 Å². The minimum absolute atomic E-state index is 0.187. The molecule has 0 saturated heterocycles. The second kappa shape index (κ2) is 9.40. The molecule has 0 aliphatic carbocycles. The largest absolute Gasteiger partial charge is 0.482 e. The summed E-state index contributed by atoms with van der Waals surface area (Å²) in [6.45, 7) is 1.53. The predicted octanol–water partition coefficient (Wildman–Crippen LogP) is 3.68. The topological polar surface area (TPSA) is 58.6 Å². The Kier molecular flexibility index (Phi) is 7.24. The number of nitrogens with zero attached hydrogens (tertiary/aromatic N) is 1. The van der Waals surface area contributed by atoms with E-state index >= 15 is 0 Å². The molecule has 0 aromatic heterocycles. The molecular weight excluding hydrogens is 382 g/mol. The monoisotopic (exact) mass is 398 g/mol. The molecule has 2 rings (SSSR count). The summed E-state index contributed by atoms with van der Waals surface area (Å²) in [5, 5.41) is 3.40. The summed E-state index contributed by atoms with van der Waals surface area (Å²) in [5.41, 5.74) is 0.427. The van der Waals surface area contributed by atoms with Crippen molar-refractivity contribution < 1.29 is 18.7 Å². The van der Waals surface area contributed by atoms with E-state index in [-0.39, 0.29) is 31.5 Å². The number of anilines is 1. The summed E-state index contributed by atoms with van der Waals surface area (Å²) in [6, 6.07) is 10.4. The zero-order valence-electron chi connectivity index (χ0n) is 14.0. The number of rotatable bonds is 7. The van der Waals surface area contributed by atoms with Gasteiger partial charge in [-0.2, -0.15) is 0 Å². The third-order valence-electron chi connectivity index (χ3n) is 3.41. The predicted molar refractivity (Wildman–Crippen MR) is 99.4 cm³/mol. The van der Waals surface area contributed by atoms with Gasteiger partial charge in [0.25, 0.3) is 5.91 Å². The number of hydrogen-bond donors (Lipinski definition) is 1. The minimum Gasteiger partial charge on any atom is -0.482 e. The molecule has 0 radical (unpaired) electrons. The van der Waals surface area contributed by atoms with Crippen molar-refractivity contribution in [2.24, 2.45) is 0 Å². The van der Waals surface area contributed by atoms with E-state index in [9.17, 15) is 14.0 Å². The van der Waals surface area contributed by atoms with Crippen LogP contribution >= 0.6 is 23.2 Å². The van der Waals surface area contributed by atoms with Crippen LogP contribution in [0.3, 0.4) is 0 Å². The van der Waals surface area contributed by atoms with Crippen molar-refractivity contribution in [3.05, 3.63) is 58.3 Å². The molecule has 138 valence electrons. The highest BCUT2D eigenvalue weighted by Crippen LogP contribution is 2.27. The van der Waals surface area contributed by atoms with Gasteiger partial charge in [-0.05, 0) is 36.4 Å². The van der Waals surface area contributed by atoms with Gasteiger partial charge in [-0.15, -0.1) is 0 Å². The quantitative estimate of drug-likeness (QED) is 0.773. The first-order valence-corrected chi connectivity index (χ1v) is 8.50. The molecule has 2 aromatic rings. The molecule has 8 heteroatoms. The third-order valence-corrected chi connectivity index (χ3v) is 3.94. The lowest BCUT2D eigenvalue weighted by Gasteiger charge is -2.21. The molecule has 0 spiro atoms. The van der Waals surface area contributed by atoms with Gasteiger partial charge in [0.05, 0.1) is 5.02 Å². The Morgan fingerprint density at radius 1 is 1.19 bits per heavy atom.